The molecule has 0 aromatic heterocycles. The lowest BCUT2D eigenvalue weighted by molar-refractivity contribution is 0.0268. The molecule has 248 valence electrons. The molecule has 0 aromatic rings. The molecule has 3 nitrogen and oxygen atoms in total. The molecular weight excluding hydrogens is 526 g/mol. The van der Waals surface area contributed by atoms with Crippen molar-refractivity contribution in [3.8, 4) is 0 Å². The van der Waals surface area contributed by atoms with Gasteiger partial charge in [-0.25, -0.2) is 0 Å². The second-order valence-electron chi connectivity index (χ2n) is 11.6. The van der Waals surface area contributed by atoms with Crippen molar-refractivity contribution in [1.29, 1.82) is 0 Å². The topological polar surface area (TPSA) is 30.5 Å². The monoisotopic (exact) mass is 598 g/mol. The van der Waals surface area contributed by atoms with Gasteiger partial charge in [-0.3, -0.25) is 0 Å². The second-order valence-corrected chi connectivity index (χ2v) is 11.6. The van der Waals surface area contributed by atoms with Crippen LogP contribution in [0.4, 0.5) is 0 Å². The molecule has 0 aliphatic rings. The Balaban J connectivity index is 3.56. The van der Waals surface area contributed by atoms with Crippen LogP contribution in [0.2, 0.25) is 0 Å². The minimum Gasteiger partial charge on any atom is -0.495 e. The maximum Gasteiger partial charge on any atom is 0.133 e. The SMILES string of the molecule is CCC=CCC=CCC=CCCCCCCC=COC(CNC)COCCCCCCCCC=CCC=CCCCCC. The molecule has 0 spiro atoms. The quantitative estimate of drug-likeness (QED) is 0.0464. The zero-order chi connectivity index (χ0) is 31.2. The summed E-state index contributed by atoms with van der Waals surface area (Å²) >= 11 is 0. The van der Waals surface area contributed by atoms with E-state index in [1.807, 2.05) is 13.3 Å². The maximum atomic E-state index is 5.94. The summed E-state index contributed by atoms with van der Waals surface area (Å²) in [6.07, 6.45) is 53.0. The predicted octanol–water partition coefficient (Wildman–Crippen LogP) is 12.1. The number of rotatable bonds is 33. The summed E-state index contributed by atoms with van der Waals surface area (Å²) in [7, 11) is 1.97. The van der Waals surface area contributed by atoms with E-state index < -0.39 is 0 Å². The Labute approximate surface area is 269 Å². The number of hydrogen-bond acceptors (Lipinski definition) is 3. The van der Waals surface area contributed by atoms with Gasteiger partial charge in [-0.1, -0.05) is 126 Å². The number of ether oxygens (including phenoxy) is 2. The predicted molar refractivity (Wildman–Crippen MR) is 193 cm³/mol. The van der Waals surface area contributed by atoms with Crippen LogP contribution in [0.3, 0.4) is 0 Å². The molecule has 0 radical (unpaired) electrons. The number of hydrogen-bond donors (Lipinski definition) is 1. The second kappa shape index (κ2) is 38.2. The molecule has 0 heterocycles. The first-order valence-electron chi connectivity index (χ1n) is 18.1. The summed E-state index contributed by atoms with van der Waals surface area (Å²) in [6, 6.07) is 0. The highest BCUT2D eigenvalue weighted by atomic mass is 16.5. The summed E-state index contributed by atoms with van der Waals surface area (Å²) in [4.78, 5) is 0. The van der Waals surface area contributed by atoms with E-state index in [-0.39, 0.29) is 6.10 Å². The van der Waals surface area contributed by atoms with Crippen molar-refractivity contribution < 1.29 is 9.47 Å². The van der Waals surface area contributed by atoms with Crippen LogP contribution in [0.15, 0.2) is 73.1 Å². The van der Waals surface area contributed by atoms with Gasteiger partial charge < -0.3 is 14.8 Å². The Morgan fingerprint density at radius 2 is 0.977 bits per heavy atom. The molecule has 3 heteroatoms. The van der Waals surface area contributed by atoms with Crippen LogP contribution >= 0.6 is 0 Å². The minimum absolute atomic E-state index is 0.0836. The Morgan fingerprint density at radius 3 is 1.51 bits per heavy atom. The molecule has 0 saturated carbocycles. The average Bonchev–Trinajstić information content (AvgIpc) is 3.01. The standard InChI is InChI=1S/C40H71NO2/c1-4-6-8-10-12-14-16-18-20-22-24-26-28-30-32-34-36-42-39-40(38-41-3)43-37-35-33-31-29-27-25-23-21-19-17-15-13-11-9-7-5-2/h7,9,12-15,18-21,35,37,40-41H,4-6,8,10-11,16-17,22-34,36,38-39H2,1-3H3. The first-order chi connectivity index (χ1) is 21.3. The number of likely N-dealkylation sites (N-methyl/N-ethyl adjacent to an activating group) is 1. The molecular formula is C40H71NO2. The molecule has 0 amide bonds. The molecule has 0 saturated heterocycles. The van der Waals surface area contributed by atoms with Gasteiger partial charge in [0.1, 0.15) is 6.10 Å². The zero-order valence-corrected chi connectivity index (χ0v) is 28.8. The fourth-order valence-corrected chi connectivity index (χ4v) is 4.72. The van der Waals surface area contributed by atoms with Gasteiger partial charge in [-0.05, 0) is 96.6 Å². The van der Waals surface area contributed by atoms with E-state index in [0.717, 1.165) is 51.7 Å². The van der Waals surface area contributed by atoms with Crippen LogP contribution in [0.25, 0.3) is 0 Å². The van der Waals surface area contributed by atoms with Crippen LogP contribution in [0.5, 0.6) is 0 Å². The van der Waals surface area contributed by atoms with Crippen molar-refractivity contribution in [2.75, 3.05) is 26.8 Å². The third-order valence-corrected chi connectivity index (χ3v) is 7.36. The summed E-state index contributed by atoms with van der Waals surface area (Å²) in [5.74, 6) is 0. The summed E-state index contributed by atoms with van der Waals surface area (Å²) in [5.41, 5.74) is 0. The molecule has 1 unspecified atom stereocenters. The molecule has 43 heavy (non-hydrogen) atoms. The highest BCUT2D eigenvalue weighted by Crippen LogP contribution is 2.09. The van der Waals surface area contributed by atoms with Crippen LogP contribution in [0, 0.1) is 0 Å². The van der Waals surface area contributed by atoms with Crippen molar-refractivity contribution in [3.63, 3.8) is 0 Å². The van der Waals surface area contributed by atoms with E-state index in [9.17, 15) is 0 Å². The van der Waals surface area contributed by atoms with Gasteiger partial charge in [0.15, 0.2) is 0 Å². The zero-order valence-electron chi connectivity index (χ0n) is 28.8. The highest BCUT2D eigenvalue weighted by Gasteiger charge is 2.07. The Hall–Kier alpha value is -1.84. The lowest BCUT2D eigenvalue weighted by atomic mass is 10.1. The van der Waals surface area contributed by atoms with E-state index >= 15 is 0 Å². The Kier molecular flexibility index (Phi) is 36.6. The Bertz CT molecular complexity index is 703. The lowest BCUT2D eigenvalue weighted by Crippen LogP contribution is -2.29. The number of unbranched alkanes of at least 4 members (excludes halogenated alkanes) is 14. The summed E-state index contributed by atoms with van der Waals surface area (Å²) in [6.45, 7) is 6.74. The fourth-order valence-electron chi connectivity index (χ4n) is 4.72. The average molecular weight is 598 g/mol. The van der Waals surface area contributed by atoms with E-state index in [0.29, 0.717) is 6.61 Å². The third-order valence-electron chi connectivity index (χ3n) is 7.36. The molecule has 0 bridgehead atoms. The minimum atomic E-state index is 0.0836. The van der Waals surface area contributed by atoms with Crippen molar-refractivity contribution in [2.45, 2.75) is 155 Å². The normalized spacial score (nSPS) is 13.4. The molecule has 0 fully saturated rings. The lowest BCUT2D eigenvalue weighted by Gasteiger charge is -2.16. The molecule has 0 aromatic carbocycles. The number of allylic oxidation sites excluding steroid dienone is 11. The van der Waals surface area contributed by atoms with Gasteiger partial charge in [0.05, 0.1) is 12.9 Å². The van der Waals surface area contributed by atoms with Crippen molar-refractivity contribution >= 4 is 0 Å². The van der Waals surface area contributed by atoms with Gasteiger partial charge in [-0.15, -0.1) is 0 Å². The van der Waals surface area contributed by atoms with Crippen LogP contribution < -0.4 is 5.32 Å². The van der Waals surface area contributed by atoms with E-state index in [1.54, 1.807) is 0 Å². The van der Waals surface area contributed by atoms with Crippen molar-refractivity contribution in [1.82, 2.24) is 5.32 Å². The number of nitrogens with one attached hydrogen (secondary N) is 1. The van der Waals surface area contributed by atoms with Crippen LogP contribution in [-0.2, 0) is 9.47 Å². The van der Waals surface area contributed by atoms with Crippen molar-refractivity contribution in [2.24, 2.45) is 0 Å². The van der Waals surface area contributed by atoms with Crippen LogP contribution in [-0.4, -0.2) is 32.9 Å². The molecule has 0 aliphatic carbocycles. The third kappa shape index (κ3) is 36.3. The van der Waals surface area contributed by atoms with Gasteiger partial charge in [0.2, 0.25) is 0 Å². The first-order valence-corrected chi connectivity index (χ1v) is 18.1. The van der Waals surface area contributed by atoms with E-state index in [4.69, 9.17) is 9.47 Å². The van der Waals surface area contributed by atoms with Crippen molar-refractivity contribution in [3.05, 3.63) is 73.1 Å². The molecule has 0 rings (SSSR count). The van der Waals surface area contributed by atoms with E-state index in [2.05, 4.69) is 86.0 Å². The van der Waals surface area contributed by atoms with Crippen LogP contribution in [0.1, 0.15) is 149 Å². The largest absolute Gasteiger partial charge is 0.495 e. The van der Waals surface area contributed by atoms with Gasteiger partial charge in [-0.2, -0.15) is 0 Å². The van der Waals surface area contributed by atoms with Gasteiger partial charge >= 0.3 is 0 Å². The van der Waals surface area contributed by atoms with Gasteiger partial charge in [0, 0.05) is 13.2 Å². The van der Waals surface area contributed by atoms with Gasteiger partial charge in [0.25, 0.3) is 0 Å². The summed E-state index contributed by atoms with van der Waals surface area (Å²) < 4.78 is 11.9. The first kappa shape index (κ1) is 41.2. The molecule has 1 N–H and O–H groups in total. The maximum absolute atomic E-state index is 5.94. The summed E-state index contributed by atoms with van der Waals surface area (Å²) in [5, 5.41) is 3.22. The molecule has 0 aliphatic heterocycles. The molecule has 1 atom stereocenters. The fraction of sp³-hybridized carbons (Fsp3) is 0.700. The Morgan fingerprint density at radius 1 is 0.512 bits per heavy atom. The van der Waals surface area contributed by atoms with E-state index in [1.165, 1.54) is 96.3 Å². The smallest absolute Gasteiger partial charge is 0.133 e. The highest BCUT2D eigenvalue weighted by molar-refractivity contribution is 4.97.